The standard InChI is InChI=1S/C23H33N5O3/c1-18-21(19(2)31-25-18)17-22(29)27-13-15-28(16-14-27)23(30)24-11-7-8-12-26(3)20-9-5-4-6-10-20/h4-6,9-10H,7-8,11-17H2,1-3H3,(H,24,30). The number of aryl methyl sites for hydroxylation is 2. The van der Waals surface area contributed by atoms with Crippen molar-refractivity contribution in [1.82, 2.24) is 20.3 Å². The summed E-state index contributed by atoms with van der Waals surface area (Å²) in [5, 5.41) is 6.91. The molecule has 0 saturated carbocycles. The van der Waals surface area contributed by atoms with Crippen LogP contribution in [0.15, 0.2) is 34.9 Å². The number of amides is 3. The first-order chi connectivity index (χ1) is 15.0. The minimum absolute atomic E-state index is 0.0470. The van der Waals surface area contributed by atoms with Gasteiger partial charge in [0.05, 0.1) is 12.1 Å². The van der Waals surface area contributed by atoms with Gasteiger partial charge in [-0.1, -0.05) is 23.4 Å². The third-order valence-electron chi connectivity index (χ3n) is 5.82. The summed E-state index contributed by atoms with van der Waals surface area (Å²) in [4.78, 5) is 30.8. The predicted octanol–water partition coefficient (Wildman–Crippen LogP) is 2.60. The molecule has 1 fully saturated rings. The number of benzene rings is 1. The van der Waals surface area contributed by atoms with E-state index >= 15 is 0 Å². The largest absolute Gasteiger partial charge is 0.375 e. The molecule has 3 amide bonds. The molecule has 0 radical (unpaired) electrons. The van der Waals surface area contributed by atoms with Gasteiger partial charge in [0.2, 0.25) is 5.91 Å². The lowest BCUT2D eigenvalue weighted by molar-refractivity contribution is -0.131. The van der Waals surface area contributed by atoms with Crippen LogP contribution in [0.2, 0.25) is 0 Å². The number of urea groups is 1. The molecule has 1 saturated heterocycles. The Morgan fingerprint density at radius 2 is 1.74 bits per heavy atom. The molecular weight excluding hydrogens is 394 g/mol. The van der Waals surface area contributed by atoms with Gasteiger partial charge in [0.15, 0.2) is 0 Å². The average Bonchev–Trinajstić information content (AvgIpc) is 3.11. The summed E-state index contributed by atoms with van der Waals surface area (Å²) in [5.41, 5.74) is 2.83. The Kier molecular flexibility index (Phi) is 7.92. The van der Waals surface area contributed by atoms with Crippen LogP contribution in [0.3, 0.4) is 0 Å². The lowest BCUT2D eigenvalue weighted by Gasteiger charge is -2.34. The lowest BCUT2D eigenvalue weighted by atomic mass is 10.1. The number of carbonyl (C=O) groups is 2. The van der Waals surface area contributed by atoms with E-state index in [0.717, 1.165) is 30.6 Å². The molecule has 0 atom stereocenters. The zero-order chi connectivity index (χ0) is 22.2. The van der Waals surface area contributed by atoms with Crippen molar-refractivity contribution in [2.24, 2.45) is 0 Å². The predicted molar refractivity (Wildman–Crippen MR) is 120 cm³/mol. The van der Waals surface area contributed by atoms with Crippen LogP contribution in [0.1, 0.15) is 29.9 Å². The van der Waals surface area contributed by atoms with Crippen molar-refractivity contribution in [3.05, 3.63) is 47.3 Å². The number of unbranched alkanes of at least 4 members (excludes halogenated alkanes) is 1. The number of hydrogen-bond acceptors (Lipinski definition) is 5. The summed E-state index contributed by atoms with van der Waals surface area (Å²) in [6, 6.07) is 10.2. The highest BCUT2D eigenvalue weighted by Gasteiger charge is 2.25. The Morgan fingerprint density at radius 1 is 1.06 bits per heavy atom. The zero-order valence-corrected chi connectivity index (χ0v) is 18.8. The zero-order valence-electron chi connectivity index (χ0n) is 18.8. The number of hydrogen-bond donors (Lipinski definition) is 1. The molecule has 0 aliphatic carbocycles. The molecule has 1 aromatic heterocycles. The maximum Gasteiger partial charge on any atom is 0.317 e. The van der Waals surface area contributed by atoms with Crippen LogP contribution in [0.25, 0.3) is 0 Å². The third kappa shape index (κ3) is 6.23. The maximum absolute atomic E-state index is 12.6. The summed E-state index contributed by atoms with van der Waals surface area (Å²) in [6.07, 6.45) is 2.24. The first-order valence-electron chi connectivity index (χ1n) is 10.9. The second-order valence-corrected chi connectivity index (χ2v) is 8.04. The SMILES string of the molecule is Cc1noc(C)c1CC(=O)N1CCN(C(=O)NCCCCN(C)c2ccccc2)CC1. The second kappa shape index (κ2) is 10.8. The van der Waals surface area contributed by atoms with Gasteiger partial charge in [0.1, 0.15) is 5.76 Å². The van der Waals surface area contributed by atoms with Crippen molar-refractivity contribution in [3.63, 3.8) is 0 Å². The number of carbonyl (C=O) groups excluding carboxylic acids is 2. The fourth-order valence-electron chi connectivity index (χ4n) is 3.77. The molecule has 1 aliphatic heterocycles. The van der Waals surface area contributed by atoms with Gasteiger partial charge in [-0.25, -0.2) is 4.79 Å². The highest BCUT2D eigenvalue weighted by Crippen LogP contribution is 2.15. The second-order valence-electron chi connectivity index (χ2n) is 8.04. The quantitative estimate of drug-likeness (QED) is 0.655. The van der Waals surface area contributed by atoms with E-state index in [1.54, 1.807) is 4.90 Å². The smallest absolute Gasteiger partial charge is 0.317 e. The molecule has 1 aromatic carbocycles. The normalized spacial score (nSPS) is 13.9. The Bertz CT molecular complexity index is 840. The number of anilines is 1. The van der Waals surface area contributed by atoms with Crippen LogP contribution < -0.4 is 10.2 Å². The minimum Gasteiger partial charge on any atom is -0.375 e. The Morgan fingerprint density at radius 3 is 2.39 bits per heavy atom. The third-order valence-corrected chi connectivity index (χ3v) is 5.82. The van der Waals surface area contributed by atoms with E-state index in [1.807, 2.05) is 36.9 Å². The minimum atomic E-state index is -0.0470. The Hall–Kier alpha value is -3.03. The van der Waals surface area contributed by atoms with E-state index in [2.05, 4.69) is 34.6 Å². The fourth-order valence-corrected chi connectivity index (χ4v) is 3.77. The van der Waals surface area contributed by atoms with Crippen LogP contribution >= 0.6 is 0 Å². The van der Waals surface area contributed by atoms with Crippen molar-refractivity contribution in [3.8, 4) is 0 Å². The van der Waals surface area contributed by atoms with Crippen molar-refractivity contribution in [1.29, 1.82) is 0 Å². The molecule has 2 aromatic rings. The van der Waals surface area contributed by atoms with Crippen LogP contribution in [0.4, 0.5) is 10.5 Å². The Labute approximate surface area is 184 Å². The fraction of sp³-hybridized carbons (Fsp3) is 0.522. The van der Waals surface area contributed by atoms with Crippen LogP contribution in [-0.4, -0.2) is 73.2 Å². The summed E-state index contributed by atoms with van der Waals surface area (Å²) >= 11 is 0. The van der Waals surface area contributed by atoms with Crippen molar-refractivity contribution < 1.29 is 14.1 Å². The summed E-state index contributed by atoms with van der Waals surface area (Å²) in [6.45, 7) is 7.49. The molecule has 2 heterocycles. The van der Waals surface area contributed by atoms with Gasteiger partial charge in [0.25, 0.3) is 0 Å². The maximum atomic E-state index is 12.6. The number of nitrogens with zero attached hydrogens (tertiary/aromatic N) is 4. The van der Waals surface area contributed by atoms with Gasteiger partial charge >= 0.3 is 6.03 Å². The molecule has 31 heavy (non-hydrogen) atoms. The molecule has 0 unspecified atom stereocenters. The number of aromatic nitrogens is 1. The van der Waals surface area contributed by atoms with Crippen molar-refractivity contribution in [2.45, 2.75) is 33.1 Å². The topological polar surface area (TPSA) is 81.9 Å². The number of piperazine rings is 1. The van der Waals surface area contributed by atoms with E-state index in [0.29, 0.717) is 44.9 Å². The van der Waals surface area contributed by atoms with Crippen LogP contribution in [0, 0.1) is 13.8 Å². The summed E-state index contributed by atoms with van der Waals surface area (Å²) < 4.78 is 5.14. The first-order valence-corrected chi connectivity index (χ1v) is 10.9. The highest BCUT2D eigenvalue weighted by atomic mass is 16.5. The van der Waals surface area contributed by atoms with Gasteiger partial charge in [-0.3, -0.25) is 4.79 Å². The van der Waals surface area contributed by atoms with Gasteiger partial charge in [-0.2, -0.15) is 0 Å². The van der Waals surface area contributed by atoms with E-state index < -0.39 is 0 Å². The summed E-state index contributed by atoms with van der Waals surface area (Å²) in [7, 11) is 2.08. The highest BCUT2D eigenvalue weighted by molar-refractivity contribution is 5.80. The van der Waals surface area contributed by atoms with E-state index in [4.69, 9.17) is 4.52 Å². The van der Waals surface area contributed by atoms with E-state index in [-0.39, 0.29) is 11.9 Å². The van der Waals surface area contributed by atoms with Gasteiger partial charge in [0, 0.05) is 57.6 Å². The van der Waals surface area contributed by atoms with Crippen LogP contribution in [-0.2, 0) is 11.2 Å². The van der Waals surface area contributed by atoms with Crippen molar-refractivity contribution in [2.75, 3.05) is 51.2 Å². The Balaban J connectivity index is 1.31. The monoisotopic (exact) mass is 427 g/mol. The molecular formula is C23H33N5O3. The number of nitrogens with one attached hydrogen (secondary N) is 1. The lowest BCUT2D eigenvalue weighted by Crippen LogP contribution is -2.53. The molecule has 8 heteroatoms. The molecule has 8 nitrogen and oxygen atoms in total. The van der Waals surface area contributed by atoms with Gasteiger partial charge < -0.3 is 24.5 Å². The molecule has 1 N–H and O–H groups in total. The molecule has 0 spiro atoms. The number of rotatable bonds is 8. The molecule has 168 valence electrons. The summed E-state index contributed by atoms with van der Waals surface area (Å²) in [5.74, 6) is 0.746. The van der Waals surface area contributed by atoms with Gasteiger partial charge in [-0.15, -0.1) is 0 Å². The first kappa shape index (κ1) is 22.7. The number of para-hydroxylation sites is 1. The molecule has 3 rings (SSSR count). The van der Waals surface area contributed by atoms with Crippen molar-refractivity contribution >= 4 is 17.6 Å². The van der Waals surface area contributed by atoms with Gasteiger partial charge in [-0.05, 0) is 38.8 Å². The van der Waals surface area contributed by atoms with E-state index in [9.17, 15) is 9.59 Å². The average molecular weight is 428 g/mol. The van der Waals surface area contributed by atoms with E-state index in [1.165, 1.54) is 5.69 Å². The molecule has 1 aliphatic rings. The van der Waals surface area contributed by atoms with Crippen LogP contribution in [0.5, 0.6) is 0 Å². The molecule has 0 bridgehead atoms.